The Labute approximate surface area is 188 Å². The van der Waals surface area contributed by atoms with Gasteiger partial charge in [0, 0.05) is 32.7 Å². The van der Waals surface area contributed by atoms with Gasteiger partial charge in [0.1, 0.15) is 0 Å². The Hall–Kier alpha value is -2.12. The molecule has 7 rings (SSSR count). The monoisotopic (exact) mass is 438 g/mol. The fourth-order valence-corrected chi connectivity index (χ4v) is 7.54. The van der Waals surface area contributed by atoms with Gasteiger partial charge in [-0.05, 0) is 73.8 Å². The van der Waals surface area contributed by atoms with Crippen LogP contribution in [0.1, 0.15) is 38.5 Å². The fraction of sp³-hybridized carbons (Fsp3) is 0.680. The largest absolute Gasteiger partial charge is 0.379 e. The summed E-state index contributed by atoms with van der Waals surface area (Å²) in [5, 5.41) is 3.19. The number of rotatable bonds is 5. The van der Waals surface area contributed by atoms with Gasteiger partial charge in [0.05, 0.1) is 24.2 Å². The van der Waals surface area contributed by atoms with Crippen LogP contribution in [-0.2, 0) is 11.3 Å². The first-order chi connectivity index (χ1) is 15.6. The number of carbonyl (C=O) groups is 1. The van der Waals surface area contributed by atoms with E-state index in [4.69, 9.17) is 4.74 Å². The summed E-state index contributed by atoms with van der Waals surface area (Å²) in [5.41, 5.74) is 1.54. The van der Waals surface area contributed by atoms with Crippen LogP contribution in [0.25, 0.3) is 11.0 Å². The van der Waals surface area contributed by atoms with Crippen LogP contribution in [0, 0.1) is 23.2 Å². The summed E-state index contributed by atoms with van der Waals surface area (Å²) < 4.78 is 8.54. The van der Waals surface area contributed by atoms with Gasteiger partial charge in [-0.3, -0.25) is 9.47 Å². The van der Waals surface area contributed by atoms with Crippen molar-refractivity contribution in [3.63, 3.8) is 0 Å². The number of morpholine rings is 1. The minimum absolute atomic E-state index is 0.234. The first-order valence-electron chi connectivity index (χ1n) is 12.4. The smallest absolute Gasteiger partial charge is 0.337 e. The van der Waals surface area contributed by atoms with Crippen LogP contribution in [0.15, 0.2) is 29.1 Å². The zero-order valence-electron chi connectivity index (χ0n) is 18.8. The quantitative estimate of drug-likeness (QED) is 0.780. The van der Waals surface area contributed by atoms with E-state index in [9.17, 15) is 9.59 Å². The summed E-state index contributed by atoms with van der Waals surface area (Å²) in [6.07, 6.45) is 7.91. The molecule has 5 aliphatic rings. The number of nitrogens with zero attached hydrogens (tertiary/aromatic N) is 3. The molecule has 7 heteroatoms. The van der Waals surface area contributed by atoms with Crippen molar-refractivity contribution in [2.75, 3.05) is 39.4 Å². The van der Waals surface area contributed by atoms with Gasteiger partial charge in [-0.25, -0.2) is 14.2 Å². The van der Waals surface area contributed by atoms with Crippen LogP contribution < -0.4 is 11.0 Å². The Morgan fingerprint density at radius 2 is 1.59 bits per heavy atom. The Bertz CT molecular complexity index is 1030. The molecule has 1 amide bonds. The molecule has 32 heavy (non-hydrogen) atoms. The summed E-state index contributed by atoms with van der Waals surface area (Å²) in [7, 11) is 0. The Morgan fingerprint density at radius 3 is 2.25 bits per heavy atom. The molecule has 0 radical (unpaired) electrons. The molecule has 172 valence electrons. The number of hydrogen-bond donors (Lipinski definition) is 1. The maximum atomic E-state index is 13.3. The van der Waals surface area contributed by atoms with E-state index in [1.807, 2.05) is 24.3 Å². The third kappa shape index (κ3) is 3.59. The molecule has 4 saturated carbocycles. The summed E-state index contributed by atoms with van der Waals surface area (Å²) in [5.74, 6) is 2.55. The predicted molar refractivity (Wildman–Crippen MR) is 123 cm³/mol. The number of hydrogen-bond acceptors (Lipinski definition) is 4. The van der Waals surface area contributed by atoms with E-state index in [1.54, 1.807) is 4.57 Å². The Morgan fingerprint density at radius 1 is 0.969 bits per heavy atom. The molecule has 4 bridgehead atoms. The molecule has 0 unspecified atom stereocenters. The first kappa shape index (κ1) is 20.5. The van der Waals surface area contributed by atoms with Crippen molar-refractivity contribution in [1.29, 1.82) is 0 Å². The van der Waals surface area contributed by atoms with Gasteiger partial charge in [-0.2, -0.15) is 0 Å². The van der Waals surface area contributed by atoms with Crippen molar-refractivity contribution in [3.05, 3.63) is 34.7 Å². The number of nitrogens with one attached hydrogen (secondary N) is 1. The lowest BCUT2D eigenvalue weighted by molar-refractivity contribution is -0.0498. The van der Waals surface area contributed by atoms with E-state index in [2.05, 4.69) is 10.2 Å². The van der Waals surface area contributed by atoms with Crippen LogP contribution >= 0.6 is 0 Å². The molecule has 7 nitrogen and oxygen atoms in total. The molecule has 1 aromatic heterocycles. The van der Waals surface area contributed by atoms with Crippen LogP contribution in [0.4, 0.5) is 4.79 Å². The molecule has 0 atom stereocenters. The van der Waals surface area contributed by atoms with E-state index in [0.717, 1.165) is 56.1 Å². The highest BCUT2D eigenvalue weighted by molar-refractivity contribution is 5.89. The zero-order chi connectivity index (χ0) is 21.7. The highest BCUT2D eigenvalue weighted by Gasteiger charge is 2.50. The SMILES string of the molecule is O=C(NCC12CC3CC(CC(C3)C1)C2)n1c(=O)n(CCN2CCOCC2)c2ccccc21. The van der Waals surface area contributed by atoms with Gasteiger partial charge < -0.3 is 10.1 Å². The molecular formula is C25H34N4O3. The second kappa shape index (κ2) is 8.03. The minimum Gasteiger partial charge on any atom is -0.379 e. The molecular weight excluding hydrogens is 404 g/mol. The van der Waals surface area contributed by atoms with Gasteiger partial charge >= 0.3 is 11.7 Å². The number of imidazole rings is 1. The van der Waals surface area contributed by atoms with Crippen LogP contribution in [0.2, 0.25) is 0 Å². The molecule has 2 aromatic rings. The maximum Gasteiger partial charge on any atom is 0.337 e. The molecule has 1 aliphatic heterocycles. The summed E-state index contributed by atoms with van der Waals surface area (Å²) >= 11 is 0. The van der Waals surface area contributed by atoms with Crippen LogP contribution in [0.3, 0.4) is 0 Å². The van der Waals surface area contributed by atoms with E-state index in [-0.39, 0.29) is 17.1 Å². The number of amides is 1. The minimum atomic E-state index is -0.271. The molecule has 1 N–H and O–H groups in total. The van der Waals surface area contributed by atoms with Crippen molar-refractivity contribution in [3.8, 4) is 0 Å². The molecule has 4 aliphatic carbocycles. The van der Waals surface area contributed by atoms with Gasteiger partial charge in [-0.1, -0.05) is 12.1 Å². The van der Waals surface area contributed by atoms with Gasteiger partial charge in [0.15, 0.2) is 0 Å². The van der Waals surface area contributed by atoms with E-state index in [0.29, 0.717) is 18.6 Å². The fourth-order valence-electron chi connectivity index (χ4n) is 7.54. The summed E-state index contributed by atoms with van der Waals surface area (Å²) in [4.78, 5) is 29.0. The van der Waals surface area contributed by atoms with Crippen LogP contribution in [0.5, 0.6) is 0 Å². The van der Waals surface area contributed by atoms with Gasteiger partial charge in [0.25, 0.3) is 0 Å². The highest BCUT2D eigenvalue weighted by Crippen LogP contribution is 2.59. The van der Waals surface area contributed by atoms with E-state index < -0.39 is 0 Å². The van der Waals surface area contributed by atoms with Crippen LogP contribution in [-0.4, -0.2) is 59.5 Å². The number of aromatic nitrogens is 2. The normalized spacial score (nSPS) is 31.9. The molecule has 1 aromatic carbocycles. The van der Waals surface area contributed by atoms with E-state index in [1.165, 1.54) is 43.1 Å². The summed E-state index contributed by atoms with van der Waals surface area (Å²) in [6.45, 7) is 5.32. The second-order valence-corrected chi connectivity index (χ2v) is 10.8. The topological polar surface area (TPSA) is 68.5 Å². The Kier molecular flexibility index (Phi) is 5.14. The van der Waals surface area contributed by atoms with Crippen molar-refractivity contribution >= 4 is 17.1 Å². The zero-order valence-corrected chi connectivity index (χ0v) is 18.8. The van der Waals surface area contributed by atoms with Gasteiger partial charge in [-0.15, -0.1) is 0 Å². The second-order valence-electron chi connectivity index (χ2n) is 10.8. The molecule has 5 fully saturated rings. The van der Waals surface area contributed by atoms with Gasteiger partial charge in [0.2, 0.25) is 0 Å². The number of benzene rings is 1. The van der Waals surface area contributed by atoms with Crippen molar-refractivity contribution in [1.82, 2.24) is 19.4 Å². The number of fused-ring (bicyclic) bond motifs is 1. The Balaban J connectivity index is 1.21. The summed E-state index contributed by atoms with van der Waals surface area (Å²) in [6, 6.07) is 7.39. The van der Waals surface area contributed by atoms with Crippen molar-refractivity contribution in [2.24, 2.45) is 23.2 Å². The lowest BCUT2D eigenvalue weighted by Gasteiger charge is -2.56. The standard InChI is InChI=1S/C25H34N4O3/c30-23(26-17-25-14-18-11-19(15-25)13-20(12-18)16-25)29-22-4-2-1-3-21(22)28(24(29)31)6-5-27-7-9-32-10-8-27/h1-4,18-20H,5-17H2,(H,26,30). The lowest BCUT2D eigenvalue weighted by Crippen LogP contribution is -2.52. The molecule has 2 heterocycles. The molecule has 0 spiro atoms. The first-order valence-corrected chi connectivity index (χ1v) is 12.4. The predicted octanol–water partition coefficient (Wildman–Crippen LogP) is 2.91. The number of carbonyl (C=O) groups excluding carboxylic acids is 1. The maximum absolute atomic E-state index is 13.3. The number of para-hydroxylation sites is 2. The average molecular weight is 439 g/mol. The van der Waals surface area contributed by atoms with Crippen molar-refractivity contribution in [2.45, 2.75) is 45.1 Å². The third-order valence-corrected chi connectivity index (χ3v) is 8.56. The highest BCUT2D eigenvalue weighted by atomic mass is 16.5. The average Bonchev–Trinajstić information content (AvgIpc) is 3.07. The van der Waals surface area contributed by atoms with Crippen molar-refractivity contribution < 1.29 is 9.53 Å². The molecule has 1 saturated heterocycles. The third-order valence-electron chi connectivity index (χ3n) is 8.56. The number of ether oxygens (including phenoxy) is 1. The van der Waals surface area contributed by atoms with E-state index >= 15 is 0 Å². The lowest BCUT2D eigenvalue weighted by atomic mass is 9.49.